The number of nitrogens with zero attached hydrogens (tertiary/aromatic N) is 1. The lowest BCUT2D eigenvalue weighted by molar-refractivity contribution is -0.133. The Balaban J connectivity index is 1.88. The van der Waals surface area contributed by atoms with Crippen molar-refractivity contribution >= 4 is 5.97 Å². The zero-order valence-electron chi connectivity index (χ0n) is 9.00. The molecule has 86 valence electrons. The van der Waals surface area contributed by atoms with Gasteiger partial charge in [0.1, 0.15) is 0 Å². The smallest absolute Gasteiger partial charge is 0.357 e. The number of hydrogen-bond donors (Lipinski definition) is 1. The Labute approximate surface area is 94.4 Å². The SMILES string of the molecule is O=C(ON1CCC(O)CC1)c1ccccc1. The number of hydrogen-bond acceptors (Lipinski definition) is 4. The molecule has 1 saturated heterocycles. The second-order valence-corrected chi connectivity index (χ2v) is 3.90. The van der Waals surface area contributed by atoms with Gasteiger partial charge in [0.2, 0.25) is 0 Å². The van der Waals surface area contributed by atoms with E-state index in [9.17, 15) is 9.90 Å². The molecule has 0 aliphatic carbocycles. The molecule has 1 aliphatic heterocycles. The lowest BCUT2D eigenvalue weighted by Crippen LogP contribution is -2.37. The molecule has 0 atom stereocenters. The molecule has 0 saturated carbocycles. The van der Waals surface area contributed by atoms with Gasteiger partial charge in [-0.3, -0.25) is 0 Å². The molecule has 1 N–H and O–H groups in total. The highest BCUT2D eigenvalue weighted by atomic mass is 16.7. The van der Waals surface area contributed by atoms with E-state index >= 15 is 0 Å². The van der Waals surface area contributed by atoms with Gasteiger partial charge in [-0.05, 0) is 25.0 Å². The average Bonchev–Trinajstić information content (AvgIpc) is 2.33. The number of carbonyl (C=O) groups excluding carboxylic acids is 1. The molecule has 1 fully saturated rings. The molecular formula is C12H15NO3. The fraction of sp³-hybridized carbons (Fsp3) is 0.417. The van der Waals surface area contributed by atoms with Crippen LogP contribution in [-0.4, -0.2) is 35.3 Å². The van der Waals surface area contributed by atoms with Crippen LogP contribution < -0.4 is 0 Å². The zero-order valence-corrected chi connectivity index (χ0v) is 9.00. The highest BCUT2D eigenvalue weighted by Gasteiger charge is 2.20. The Morgan fingerprint density at radius 2 is 1.88 bits per heavy atom. The summed E-state index contributed by atoms with van der Waals surface area (Å²) in [6, 6.07) is 8.91. The van der Waals surface area contributed by atoms with Crippen molar-refractivity contribution in [1.29, 1.82) is 0 Å². The van der Waals surface area contributed by atoms with Crippen LogP contribution >= 0.6 is 0 Å². The fourth-order valence-corrected chi connectivity index (χ4v) is 1.68. The van der Waals surface area contributed by atoms with Gasteiger partial charge < -0.3 is 9.94 Å². The van der Waals surface area contributed by atoms with Gasteiger partial charge >= 0.3 is 5.97 Å². The third kappa shape index (κ3) is 2.81. The van der Waals surface area contributed by atoms with Crippen molar-refractivity contribution in [3.8, 4) is 0 Å². The van der Waals surface area contributed by atoms with Gasteiger partial charge in [-0.1, -0.05) is 18.2 Å². The van der Waals surface area contributed by atoms with E-state index in [1.54, 1.807) is 29.3 Å². The molecule has 2 rings (SSSR count). The molecule has 1 heterocycles. The van der Waals surface area contributed by atoms with Crippen molar-refractivity contribution < 1.29 is 14.7 Å². The first-order valence-electron chi connectivity index (χ1n) is 5.46. The van der Waals surface area contributed by atoms with E-state index in [4.69, 9.17) is 4.84 Å². The highest BCUT2D eigenvalue weighted by molar-refractivity contribution is 5.89. The van der Waals surface area contributed by atoms with Crippen molar-refractivity contribution in [2.45, 2.75) is 18.9 Å². The van der Waals surface area contributed by atoms with Gasteiger partial charge in [0.15, 0.2) is 0 Å². The summed E-state index contributed by atoms with van der Waals surface area (Å²) in [5, 5.41) is 10.9. The lowest BCUT2D eigenvalue weighted by atomic mass is 10.1. The first kappa shape index (κ1) is 11.1. The highest BCUT2D eigenvalue weighted by Crippen LogP contribution is 2.12. The number of hydroxylamine groups is 2. The molecule has 4 heteroatoms. The molecule has 16 heavy (non-hydrogen) atoms. The van der Waals surface area contributed by atoms with Crippen molar-refractivity contribution in [3.63, 3.8) is 0 Å². The standard InChI is InChI=1S/C12H15NO3/c14-11-6-8-13(9-7-11)16-12(15)10-4-2-1-3-5-10/h1-5,11,14H,6-9H2. The van der Waals surface area contributed by atoms with Crippen LogP contribution in [0.25, 0.3) is 0 Å². The second-order valence-electron chi connectivity index (χ2n) is 3.90. The van der Waals surface area contributed by atoms with Gasteiger partial charge in [-0.2, -0.15) is 0 Å². The molecule has 0 spiro atoms. The first-order chi connectivity index (χ1) is 7.75. The maximum Gasteiger partial charge on any atom is 0.357 e. The third-order valence-electron chi connectivity index (χ3n) is 2.64. The Hall–Kier alpha value is -1.39. The Morgan fingerprint density at radius 3 is 2.50 bits per heavy atom. The van der Waals surface area contributed by atoms with E-state index in [1.165, 1.54) is 0 Å². The summed E-state index contributed by atoms with van der Waals surface area (Å²) in [6.07, 6.45) is 1.05. The first-order valence-corrected chi connectivity index (χ1v) is 5.46. The molecule has 1 aliphatic rings. The van der Waals surface area contributed by atoms with Crippen molar-refractivity contribution in [1.82, 2.24) is 5.06 Å². The number of piperidine rings is 1. The van der Waals surface area contributed by atoms with Gasteiger partial charge in [0, 0.05) is 13.1 Å². The van der Waals surface area contributed by atoms with Crippen molar-refractivity contribution in [3.05, 3.63) is 35.9 Å². The maximum absolute atomic E-state index is 11.7. The topological polar surface area (TPSA) is 49.8 Å². The zero-order chi connectivity index (χ0) is 11.4. The van der Waals surface area contributed by atoms with E-state index in [1.807, 2.05) is 6.07 Å². The predicted molar refractivity (Wildman–Crippen MR) is 58.7 cm³/mol. The summed E-state index contributed by atoms with van der Waals surface area (Å²) in [4.78, 5) is 16.9. The van der Waals surface area contributed by atoms with Gasteiger partial charge in [0.05, 0.1) is 11.7 Å². The molecule has 0 unspecified atom stereocenters. The van der Waals surface area contributed by atoms with Crippen LogP contribution in [0.5, 0.6) is 0 Å². The Bertz CT molecular complexity index is 345. The van der Waals surface area contributed by atoms with Crippen molar-refractivity contribution in [2.24, 2.45) is 0 Å². The lowest BCUT2D eigenvalue weighted by Gasteiger charge is -2.27. The maximum atomic E-state index is 11.7. The van der Waals surface area contributed by atoms with Gasteiger partial charge in [-0.25, -0.2) is 4.79 Å². The summed E-state index contributed by atoms with van der Waals surface area (Å²) in [5.41, 5.74) is 0.550. The summed E-state index contributed by atoms with van der Waals surface area (Å²) in [6.45, 7) is 1.19. The van der Waals surface area contributed by atoms with Gasteiger partial charge in [0.25, 0.3) is 0 Å². The van der Waals surface area contributed by atoms with Gasteiger partial charge in [-0.15, -0.1) is 5.06 Å². The summed E-state index contributed by atoms with van der Waals surface area (Å²) >= 11 is 0. The minimum atomic E-state index is -0.336. The second kappa shape index (κ2) is 5.09. The monoisotopic (exact) mass is 221 g/mol. The molecule has 1 aromatic carbocycles. The number of benzene rings is 1. The van der Waals surface area contributed by atoms with Crippen molar-refractivity contribution in [2.75, 3.05) is 13.1 Å². The predicted octanol–water partition coefficient (Wildman–Crippen LogP) is 1.22. The number of rotatable bonds is 2. The Morgan fingerprint density at radius 1 is 1.25 bits per heavy atom. The normalized spacial score (nSPS) is 18.3. The third-order valence-corrected chi connectivity index (χ3v) is 2.64. The van der Waals surface area contributed by atoms with Crippen LogP contribution in [0.15, 0.2) is 30.3 Å². The number of carbonyl (C=O) groups is 1. The van der Waals surface area contributed by atoms with E-state index in [-0.39, 0.29) is 12.1 Å². The molecular weight excluding hydrogens is 206 g/mol. The molecule has 4 nitrogen and oxygen atoms in total. The van der Waals surface area contributed by atoms with Crippen LogP contribution in [0.1, 0.15) is 23.2 Å². The van der Waals surface area contributed by atoms with E-state index in [0.717, 1.165) is 0 Å². The van der Waals surface area contributed by atoms with Crippen LogP contribution in [0, 0.1) is 0 Å². The van der Waals surface area contributed by atoms with E-state index in [2.05, 4.69) is 0 Å². The molecule has 0 radical (unpaired) electrons. The number of aliphatic hydroxyl groups excluding tert-OH is 1. The largest absolute Gasteiger partial charge is 0.393 e. The summed E-state index contributed by atoms with van der Waals surface area (Å²) in [5.74, 6) is -0.336. The Kier molecular flexibility index (Phi) is 3.54. The summed E-state index contributed by atoms with van der Waals surface area (Å²) in [7, 11) is 0. The average molecular weight is 221 g/mol. The summed E-state index contributed by atoms with van der Waals surface area (Å²) < 4.78 is 0. The van der Waals surface area contributed by atoms with E-state index in [0.29, 0.717) is 31.5 Å². The number of aliphatic hydroxyl groups is 1. The molecule has 1 aromatic rings. The quantitative estimate of drug-likeness (QED) is 0.815. The van der Waals surface area contributed by atoms with Crippen LogP contribution in [0.2, 0.25) is 0 Å². The molecule has 0 aromatic heterocycles. The van der Waals surface area contributed by atoms with Crippen LogP contribution in [0.3, 0.4) is 0 Å². The van der Waals surface area contributed by atoms with Crippen LogP contribution in [0.4, 0.5) is 0 Å². The van der Waals surface area contributed by atoms with Crippen LogP contribution in [-0.2, 0) is 4.84 Å². The van der Waals surface area contributed by atoms with E-state index < -0.39 is 0 Å². The minimum Gasteiger partial charge on any atom is -0.393 e. The minimum absolute atomic E-state index is 0.258. The molecule has 0 bridgehead atoms. The molecule has 0 amide bonds. The fourth-order valence-electron chi connectivity index (χ4n) is 1.68.